The molecule has 0 aliphatic carbocycles. The molecule has 0 aromatic rings. The zero-order valence-electron chi connectivity index (χ0n) is 3.83. The van der Waals surface area contributed by atoms with Crippen molar-refractivity contribution in [3.63, 3.8) is 0 Å². The summed E-state index contributed by atoms with van der Waals surface area (Å²) in [5.74, 6) is 0. The van der Waals surface area contributed by atoms with Crippen LogP contribution < -0.4 is 0 Å². The van der Waals surface area contributed by atoms with Crippen LogP contribution in [0.25, 0.3) is 0 Å². The molecule has 0 rings (SSSR count). The second-order valence-electron chi connectivity index (χ2n) is 0.595. The molecular formula is H4CoO6P2. The minimum atomic E-state index is -4.64. The maximum atomic E-state index is 8.88. The van der Waals surface area contributed by atoms with Crippen LogP contribution in [0.4, 0.5) is 0 Å². The molecular weight excluding hydrogens is 217 g/mol. The van der Waals surface area contributed by atoms with E-state index in [1.54, 1.807) is 0 Å². The van der Waals surface area contributed by atoms with E-state index in [0.717, 1.165) is 0 Å². The third-order valence-electron chi connectivity index (χ3n) is 0. The number of phosphoric acid groups is 1. The van der Waals surface area contributed by atoms with Crippen molar-refractivity contribution in [2.75, 3.05) is 0 Å². The van der Waals surface area contributed by atoms with Crippen molar-refractivity contribution in [3.8, 4) is 0 Å². The predicted molar refractivity (Wildman–Crippen MR) is 24.1 cm³/mol. The Labute approximate surface area is 62.6 Å². The minimum Gasteiger partial charge on any atom is -0.310 e. The van der Waals surface area contributed by atoms with Crippen LogP contribution in [0.3, 0.4) is 0 Å². The van der Waals surface area contributed by atoms with Gasteiger partial charge in [0.2, 0.25) is 0 Å². The summed E-state index contributed by atoms with van der Waals surface area (Å²) in [6, 6.07) is 0. The molecule has 0 saturated carbocycles. The molecule has 0 unspecified atom stereocenters. The van der Waals surface area contributed by atoms with Crippen molar-refractivity contribution in [1.29, 1.82) is 0 Å². The van der Waals surface area contributed by atoms with Crippen molar-refractivity contribution in [1.82, 2.24) is 0 Å². The number of hydrogen-bond acceptors (Lipinski definition) is 2. The first-order valence-corrected chi connectivity index (χ1v) is 3.50. The number of rotatable bonds is 0. The van der Waals surface area contributed by atoms with E-state index in [1.165, 1.54) is 0 Å². The van der Waals surface area contributed by atoms with Crippen LogP contribution in [-0.4, -0.2) is 19.6 Å². The van der Waals surface area contributed by atoms with Gasteiger partial charge in [-0.25, -0.2) is 9.13 Å². The molecule has 9 heavy (non-hydrogen) atoms. The van der Waals surface area contributed by atoms with Gasteiger partial charge in [0.05, 0.1) is 0 Å². The largest absolute Gasteiger partial charge is 0.466 e. The zero-order chi connectivity index (χ0) is 7.21. The average molecular weight is 221 g/mol. The van der Waals surface area contributed by atoms with E-state index < -0.39 is 16.5 Å². The van der Waals surface area contributed by atoms with Gasteiger partial charge in [-0.3, -0.25) is 0 Å². The fraction of sp³-hybridized carbons (Fsp3) is 0. The Hall–Kier alpha value is 0.676. The molecule has 59 valence electrons. The maximum absolute atomic E-state index is 8.88. The monoisotopic (exact) mass is 221 g/mol. The summed E-state index contributed by atoms with van der Waals surface area (Å²) in [5.41, 5.74) is 0. The smallest absolute Gasteiger partial charge is 0.310 e. The van der Waals surface area contributed by atoms with E-state index in [-0.39, 0.29) is 16.8 Å². The van der Waals surface area contributed by atoms with Crippen LogP contribution in [0.2, 0.25) is 0 Å². The molecule has 4 N–H and O–H groups in total. The molecule has 9 heteroatoms. The number of hydrogen-bond donors (Lipinski definition) is 4. The minimum absolute atomic E-state index is 0. The fourth-order valence-corrected chi connectivity index (χ4v) is 0. The Balaban J connectivity index is -0.0000000800. The van der Waals surface area contributed by atoms with E-state index in [9.17, 15) is 0 Å². The summed E-state index contributed by atoms with van der Waals surface area (Å²) < 4.78 is 17.3. The SMILES string of the molecule is O=P(O)(O)O.O=PO.[Co]. The van der Waals surface area contributed by atoms with Gasteiger partial charge in [0.1, 0.15) is 0 Å². The van der Waals surface area contributed by atoms with Crippen molar-refractivity contribution in [2.24, 2.45) is 0 Å². The van der Waals surface area contributed by atoms with Crippen molar-refractivity contribution in [2.45, 2.75) is 0 Å². The molecule has 0 amide bonds. The molecule has 0 atom stereocenters. The Morgan fingerprint density at radius 3 is 1.22 bits per heavy atom. The third kappa shape index (κ3) is 845. The molecule has 1 radical (unpaired) electrons. The molecule has 0 heterocycles. The zero-order valence-corrected chi connectivity index (χ0v) is 6.66. The molecule has 0 aromatic carbocycles. The maximum Gasteiger partial charge on any atom is 0.466 e. The van der Waals surface area contributed by atoms with E-state index in [4.69, 9.17) is 28.7 Å². The third-order valence-corrected chi connectivity index (χ3v) is 0. The van der Waals surface area contributed by atoms with Gasteiger partial charge in [0, 0.05) is 16.8 Å². The average Bonchev–Trinajstić information content (AvgIpc) is 1.27. The Morgan fingerprint density at radius 2 is 1.22 bits per heavy atom. The Bertz CT molecular complexity index is 85.0. The first-order valence-electron chi connectivity index (χ1n) is 1.17. The summed E-state index contributed by atoms with van der Waals surface area (Å²) in [6.45, 7) is 0. The summed E-state index contributed by atoms with van der Waals surface area (Å²) in [7, 11) is -5.47. The van der Waals surface area contributed by atoms with Gasteiger partial charge >= 0.3 is 16.5 Å². The van der Waals surface area contributed by atoms with Crippen LogP contribution in [0, 0.1) is 0 Å². The van der Waals surface area contributed by atoms with Gasteiger partial charge in [0.25, 0.3) is 0 Å². The van der Waals surface area contributed by atoms with Crippen molar-refractivity contribution in [3.05, 3.63) is 0 Å². The second-order valence-corrected chi connectivity index (χ2v) is 1.78. The Kier molecular flexibility index (Phi) is 15.8. The molecule has 0 aromatic heterocycles. The van der Waals surface area contributed by atoms with Crippen molar-refractivity contribution < 1.29 is 45.5 Å². The van der Waals surface area contributed by atoms with Crippen LogP contribution in [0.1, 0.15) is 0 Å². The van der Waals surface area contributed by atoms with Gasteiger partial charge in [0.15, 0.2) is 0 Å². The summed E-state index contributed by atoms with van der Waals surface area (Å²) in [6.07, 6.45) is 0. The standard InChI is InChI=1S/Co.H3O4P.HO2P/c;1-5(2,3)4;1-3-2/h;(H3,1,2,3,4);(H,1,2). The van der Waals surface area contributed by atoms with Gasteiger partial charge in [-0.2, -0.15) is 0 Å². The van der Waals surface area contributed by atoms with Crippen LogP contribution in [-0.2, 0) is 25.9 Å². The molecule has 0 bridgehead atoms. The first kappa shape index (κ1) is 16.3. The topological polar surface area (TPSA) is 115 Å². The summed E-state index contributed by atoms with van der Waals surface area (Å²) in [5, 5.41) is 0. The quantitative estimate of drug-likeness (QED) is 0.400. The van der Waals surface area contributed by atoms with E-state index in [2.05, 4.69) is 0 Å². The van der Waals surface area contributed by atoms with E-state index in [1.807, 2.05) is 0 Å². The predicted octanol–water partition coefficient (Wildman–Crippen LogP) is -0.746. The van der Waals surface area contributed by atoms with Crippen molar-refractivity contribution >= 4 is 16.5 Å². The first-order chi connectivity index (χ1) is 3.41. The van der Waals surface area contributed by atoms with Crippen LogP contribution >= 0.6 is 16.5 Å². The van der Waals surface area contributed by atoms with Gasteiger partial charge in [-0.15, -0.1) is 0 Å². The molecule has 0 spiro atoms. The van der Waals surface area contributed by atoms with Gasteiger partial charge in [-0.05, 0) is 0 Å². The van der Waals surface area contributed by atoms with Crippen LogP contribution in [0.15, 0.2) is 0 Å². The normalized spacial score (nSPS) is 8.89. The molecule has 0 aliphatic heterocycles. The van der Waals surface area contributed by atoms with Gasteiger partial charge in [-0.1, -0.05) is 0 Å². The molecule has 0 aliphatic rings. The molecule has 6 nitrogen and oxygen atoms in total. The Morgan fingerprint density at radius 1 is 1.22 bits per heavy atom. The van der Waals surface area contributed by atoms with Gasteiger partial charge < -0.3 is 19.6 Å². The van der Waals surface area contributed by atoms with E-state index in [0.29, 0.717) is 0 Å². The summed E-state index contributed by atoms with van der Waals surface area (Å²) in [4.78, 5) is 28.5. The summed E-state index contributed by atoms with van der Waals surface area (Å²) >= 11 is 0. The fourth-order valence-electron chi connectivity index (χ4n) is 0. The second kappa shape index (κ2) is 8.68. The molecule has 0 saturated heterocycles. The molecule has 0 fully saturated rings. The van der Waals surface area contributed by atoms with Crippen LogP contribution in [0.5, 0.6) is 0 Å². The van der Waals surface area contributed by atoms with E-state index >= 15 is 0 Å².